The molecule has 4 rings (SSSR count). The Hall–Kier alpha value is -3.09. The summed E-state index contributed by atoms with van der Waals surface area (Å²) >= 11 is 0. The average Bonchev–Trinajstić information content (AvgIpc) is 3.17. The lowest BCUT2D eigenvalue weighted by molar-refractivity contribution is 0.628. The van der Waals surface area contributed by atoms with Crippen LogP contribution in [0.3, 0.4) is 0 Å². The number of aromatic amines is 1. The molecule has 1 N–H and O–H groups in total. The van der Waals surface area contributed by atoms with E-state index in [-0.39, 0.29) is 5.82 Å². The van der Waals surface area contributed by atoms with Gasteiger partial charge < -0.3 is 4.98 Å². The molecule has 0 aliphatic heterocycles. The summed E-state index contributed by atoms with van der Waals surface area (Å²) in [5, 5.41) is 11.1. The van der Waals surface area contributed by atoms with Crippen molar-refractivity contribution in [3.8, 4) is 17.1 Å². The molecule has 7 heteroatoms. The van der Waals surface area contributed by atoms with E-state index in [1.54, 1.807) is 10.7 Å². The Balaban J connectivity index is 1.85. The number of hydrogen-bond acceptors (Lipinski definition) is 4. The van der Waals surface area contributed by atoms with E-state index in [2.05, 4.69) is 25.5 Å². The molecule has 2 aromatic carbocycles. The number of benzene rings is 2. The van der Waals surface area contributed by atoms with Gasteiger partial charge in [0.15, 0.2) is 0 Å². The zero-order valence-electron chi connectivity index (χ0n) is 11.7. The van der Waals surface area contributed by atoms with Crippen molar-refractivity contribution in [2.45, 2.75) is 6.92 Å². The van der Waals surface area contributed by atoms with E-state index in [9.17, 15) is 4.39 Å². The molecule has 0 atom stereocenters. The van der Waals surface area contributed by atoms with Crippen LogP contribution in [0.5, 0.6) is 0 Å². The van der Waals surface area contributed by atoms with Gasteiger partial charge in [0.05, 0.1) is 16.7 Å². The minimum absolute atomic E-state index is 0.282. The largest absolute Gasteiger partial charge is 0.338 e. The normalized spacial score (nSPS) is 11.2. The molecule has 0 fully saturated rings. The summed E-state index contributed by atoms with van der Waals surface area (Å²) in [5.74, 6) is 0.358. The zero-order chi connectivity index (χ0) is 15.1. The first-order valence-corrected chi connectivity index (χ1v) is 6.70. The van der Waals surface area contributed by atoms with Gasteiger partial charge >= 0.3 is 0 Å². The first kappa shape index (κ1) is 12.6. The molecule has 0 spiro atoms. The minimum atomic E-state index is -0.282. The first-order chi connectivity index (χ1) is 10.7. The van der Waals surface area contributed by atoms with Gasteiger partial charge in [-0.1, -0.05) is 6.07 Å². The van der Waals surface area contributed by atoms with Crippen molar-refractivity contribution in [2.24, 2.45) is 0 Å². The van der Waals surface area contributed by atoms with E-state index >= 15 is 0 Å². The Labute approximate surface area is 124 Å². The van der Waals surface area contributed by atoms with E-state index in [4.69, 9.17) is 0 Å². The van der Waals surface area contributed by atoms with Gasteiger partial charge in [0, 0.05) is 5.56 Å². The van der Waals surface area contributed by atoms with Crippen molar-refractivity contribution in [3.05, 3.63) is 54.1 Å². The van der Waals surface area contributed by atoms with Gasteiger partial charge in [-0.3, -0.25) is 0 Å². The third kappa shape index (κ3) is 2.03. The number of H-pyrrole nitrogens is 1. The number of fused-ring (bicyclic) bond motifs is 1. The van der Waals surface area contributed by atoms with Crippen LogP contribution in [-0.4, -0.2) is 30.2 Å². The van der Waals surface area contributed by atoms with Gasteiger partial charge in [-0.15, -0.1) is 5.10 Å². The van der Waals surface area contributed by atoms with E-state index in [0.29, 0.717) is 5.82 Å². The second kappa shape index (κ2) is 4.73. The van der Waals surface area contributed by atoms with Crippen molar-refractivity contribution in [1.29, 1.82) is 0 Å². The maximum atomic E-state index is 13.5. The number of nitrogens with zero attached hydrogens (tertiary/aromatic N) is 5. The third-order valence-electron chi connectivity index (χ3n) is 3.53. The molecule has 0 aliphatic rings. The summed E-state index contributed by atoms with van der Waals surface area (Å²) in [7, 11) is 0. The van der Waals surface area contributed by atoms with Crippen LogP contribution in [0.2, 0.25) is 0 Å². The highest BCUT2D eigenvalue weighted by atomic mass is 19.1. The summed E-state index contributed by atoms with van der Waals surface area (Å²) in [6, 6.07) is 10.3. The van der Waals surface area contributed by atoms with E-state index in [1.807, 2.05) is 25.1 Å². The highest BCUT2D eigenvalue weighted by Crippen LogP contribution is 2.25. The van der Waals surface area contributed by atoms with Crippen LogP contribution >= 0.6 is 0 Å². The van der Waals surface area contributed by atoms with Gasteiger partial charge in [-0.25, -0.2) is 14.1 Å². The molecule has 108 valence electrons. The van der Waals surface area contributed by atoms with Gasteiger partial charge in [0.25, 0.3) is 0 Å². The standard InChI is InChI=1S/C15H11FN6/c1-9-2-3-10(16)6-12(9)15-18-13-5-4-11(7-14(13)19-15)22-8-17-20-21-22/h2-8H,1H3,(H,18,19). The number of halogens is 1. The third-order valence-corrected chi connectivity index (χ3v) is 3.53. The molecule has 22 heavy (non-hydrogen) atoms. The lowest BCUT2D eigenvalue weighted by atomic mass is 10.1. The summed E-state index contributed by atoms with van der Waals surface area (Å²) in [6.07, 6.45) is 1.52. The molecule has 0 unspecified atom stereocenters. The van der Waals surface area contributed by atoms with Crippen LogP contribution in [-0.2, 0) is 0 Å². The number of rotatable bonds is 2. The van der Waals surface area contributed by atoms with Gasteiger partial charge in [0.1, 0.15) is 18.0 Å². The minimum Gasteiger partial charge on any atom is -0.338 e. The van der Waals surface area contributed by atoms with Crippen molar-refractivity contribution in [1.82, 2.24) is 30.2 Å². The Morgan fingerprint density at radius 2 is 2.05 bits per heavy atom. The summed E-state index contributed by atoms with van der Waals surface area (Å²) in [6.45, 7) is 1.93. The summed E-state index contributed by atoms with van der Waals surface area (Å²) in [4.78, 5) is 7.75. The Kier molecular flexibility index (Phi) is 2.72. The average molecular weight is 294 g/mol. The molecule has 2 aromatic heterocycles. The van der Waals surface area contributed by atoms with Crippen LogP contribution in [0.15, 0.2) is 42.7 Å². The van der Waals surface area contributed by atoms with Crippen LogP contribution in [0.25, 0.3) is 28.1 Å². The molecular weight excluding hydrogens is 283 g/mol. The van der Waals surface area contributed by atoms with E-state index < -0.39 is 0 Å². The molecular formula is C15H11FN6. The summed E-state index contributed by atoms with van der Waals surface area (Å²) < 4.78 is 15.0. The highest BCUT2D eigenvalue weighted by molar-refractivity contribution is 5.81. The molecule has 4 aromatic rings. The molecule has 0 amide bonds. The van der Waals surface area contributed by atoms with Crippen molar-refractivity contribution in [3.63, 3.8) is 0 Å². The lowest BCUT2D eigenvalue weighted by Crippen LogP contribution is -1.94. The predicted molar refractivity (Wildman–Crippen MR) is 78.9 cm³/mol. The van der Waals surface area contributed by atoms with Crippen LogP contribution in [0.1, 0.15) is 5.56 Å². The van der Waals surface area contributed by atoms with Gasteiger partial charge in [0.2, 0.25) is 0 Å². The SMILES string of the molecule is Cc1ccc(F)cc1-c1nc2ccc(-n3cnnn3)cc2[nH]1. The second-order valence-corrected chi connectivity index (χ2v) is 5.00. The van der Waals surface area contributed by atoms with Crippen LogP contribution in [0.4, 0.5) is 4.39 Å². The molecule has 0 aliphatic carbocycles. The van der Waals surface area contributed by atoms with Crippen molar-refractivity contribution in [2.75, 3.05) is 0 Å². The molecule has 0 saturated carbocycles. The molecule has 2 heterocycles. The van der Waals surface area contributed by atoms with Gasteiger partial charge in [-0.05, 0) is 53.2 Å². The monoisotopic (exact) mass is 294 g/mol. The molecule has 0 saturated heterocycles. The fourth-order valence-electron chi connectivity index (χ4n) is 2.40. The van der Waals surface area contributed by atoms with Crippen LogP contribution < -0.4 is 0 Å². The van der Waals surface area contributed by atoms with E-state index in [1.165, 1.54) is 18.5 Å². The Bertz CT molecular complexity index is 958. The maximum absolute atomic E-state index is 13.5. The van der Waals surface area contributed by atoms with Crippen molar-refractivity contribution < 1.29 is 4.39 Å². The predicted octanol–water partition coefficient (Wildman–Crippen LogP) is 2.65. The number of imidazole rings is 1. The molecule has 0 radical (unpaired) electrons. The lowest BCUT2D eigenvalue weighted by Gasteiger charge is -2.01. The zero-order valence-corrected chi connectivity index (χ0v) is 11.7. The number of hydrogen-bond donors (Lipinski definition) is 1. The van der Waals surface area contributed by atoms with Crippen molar-refractivity contribution >= 4 is 11.0 Å². The fourth-order valence-corrected chi connectivity index (χ4v) is 2.40. The Morgan fingerprint density at radius 3 is 2.86 bits per heavy atom. The molecule has 0 bridgehead atoms. The number of tetrazole rings is 1. The summed E-state index contributed by atoms with van der Waals surface area (Å²) in [5.41, 5.74) is 4.17. The fraction of sp³-hybridized carbons (Fsp3) is 0.0667. The Morgan fingerprint density at radius 1 is 1.14 bits per heavy atom. The van der Waals surface area contributed by atoms with Crippen LogP contribution in [0, 0.1) is 12.7 Å². The van der Waals surface area contributed by atoms with Gasteiger partial charge in [-0.2, -0.15) is 0 Å². The number of aryl methyl sites for hydroxylation is 1. The number of nitrogens with one attached hydrogen (secondary N) is 1. The first-order valence-electron chi connectivity index (χ1n) is 6.70. The smallest absolute Gasteiger partial charge is 0.143 e. The quantitative estimate of drug-likeness (QED) is 0.617. The number of aromatic nitrogens is 6. The maximum Gasteiger partial charge on any atom is 0.143 e. The van der Waals surface area contributed by atoms with E-state index in [0.717, 1.165) is 27.8 Å². The molecule has 6 nitrogen and oxygen atoms in total. The topological polar surface area (TPSA) is 72.3 Å². The highest BCUT2D eigenvalue weighted by Gasteiger charge is 2.10. The second-order valence-electron chi connectivity index (χ2n) is 5.00.